The van der Waals surface area contributed by atoms with Gasteiger partial charge in [-0.25, -0.2) is 35.2 Å². The molecule has 0 saturated carbocycles. The van der Waals surface area contributed by atoms with Crippen molar-refractivity contribution in [1.29, 1.82) is 0 Å². The highest BCUT2D eigenvalue weighted by Gasteiger charge is 2.34. The van der Waals surface area contributed by atoms with E-state index in [1.807, 2.05) is 0 Å². The lowest BCUT2D eigenvalue weighted by molar-refractivity contribution is -0.113. The first-order chi connectivity index (χ1) is 29.6. The van der Waals surface area contributed by atoms with Gasteiger partial charge in [-0.15, -0.1) is 23.2 Å². The van der Waals surface area contributed by atoms with Crippen LogP contribution in [-0.2, 0) is 44.7 Å². The monoisotopic (exact) mass is 1010 g/mol. The van der Waals surface area contributed by atoms with Gasteiger partial charge in [0.2, 0.25) is 5.24 Å². The highest BCUT2D eigenvalue weighted by molar-refractivity contribution is 7.93. The predicted octanol–water partition coefficient (Wildman–Crippen LogP) is 10.1. The van der Waals surface area contributed by atoms with Crippen molar-refractivity contribution in [2.24, 2.45) is 0 Å². The zero-order chi connectivity index (χ0) is 48.5. The summed E-state index contributed by atoms with van der Waals surface area (Å²) in [6.45, 7) is 16.5. The number of nitrogens with zero attached hydrogens (tertiary/aromatic N) is 2. The zero-order valence-electron chi connectivity index (χ0n) is 34.6. The first kappa shape index (κ1) is 58.6. The van der Waals surface area contributed by atoms with Crippen molar-refractivity contribution in [3.63, 3.8) is 0 Å². The summed E-state index contributed by atoms with van der Waals surface area (Å²) in [5.74, 6) is -4.39. The Balaban J connectivity index is 0.000000930. The Kier molecular flexibility index (Phi) is 27.8. The molecule has 0 fully saturated rings. The molecule has 0 heterocycles. The molecule has 21 heteroatoms. The number of amides is 1. The number of methoxy groups -OCH3 is 2. The van der Waals surface area contributed by atoms with Crippen LogP contribution in [0.2, 0.25) is 10.0 Å². The number of sulfonamides is 1. The number of halogens is 7. The maximum atomic E-state index is 13.3. The molecule has 0 unspecified atom stereocenters. The van der Waals surface area contributed by atoms with E-state index in [4.69, 9.17) is 58.0 Å². The van der Waals surface area contributed by atoms with Crippen LogP contribution in [0.1, 0.15) is 47.1 Å². The molecular formula is C42H45Cl5F2N2O10S2. The molecule has 4 aromatic carbocycles. The summed E-state index contributed by atoms with van der Waals surface area (Å²) in [4.78, 5) is 47.1. The van der Waals surface area contributed by atoms with Crippen LogP contribution >= 0.6 is 58.0 Å². The zero-order valence-corrected chi connectivity index (χ0v) is 40.0. The van der Waals surface area contributed by atoms with E-state index in [2.05, 4.69) is 48.3 Å². The smallest absolute Gasteiger partial charge is 0.339 e. The number of hydrogen-bond acceptors (Lipinski definition) is 11. The van der Waals surface area contributed by atoms with Crippen molar-refractivity contribution in [1.82, 2.24) is 4.90 Å². The number of hydrogen-bond donors (Lipinski definition) is 0. The van der Waals surface area contributed by atoms with Crippen molar-refractivity contribution < 1.29 is 54.3 Å². The van der Waals surface area contributed by atoms with Crippen LogP contribution in [0.3, 0.4) is 0 Å². The van der Waals surface area contributed by atoms with Gasteiger partial charge < -0.3 is 14.4 Å². The third-order valence-corrected chi connectivity index (χ3v) is 12.1. The number of ether oxygens (including phenoxy) is 2. The predicted molar refractivity (Wildman–Crippen MR) is 245 cm³/mol. The fourth-order valence-corrected chi connectivity index (χ4v) is 8.58. The Labute approximate surface area is 391 Å². The summed E-state index contributed by atoms with van der Waals surface area (Å²) in [5.41, 5.74) is -0.348. The largest absolute Gasteiger partial charge is 0.465 e. The van der Waals surface area contributed by atoms with Gasteiger partial charge in [-0.3, -0.25) is 9.59 Å². The summed E-state index contributed by atoms with van der Waals surface area (Å²) in [5, 5.41) is -0.608. The molecule has 12 nitrogen and oxygen atoms in total. The van der Waals surface area contributed by atoms with Gasteiger partial charge in [0.25, 0.3) is 15.9 Å². The van der Waals surface area contributed by atoms with E-state index in [9.17, 15) is 44.8 Å². The van der Waals surface area contributed by atoms with Crippen molar-refractivity contribution >= 4 is 107 Å². The Hall–Kier alpha value is -4.39. The standard InChI is InChI=1S/C17H13ClFNO5S.C15H12ClFO4S.C6H15N.C3H3ClO.CH2Cl2/c1-3-16(21)20(14-9-8-11(19)10-13(14)18)26(23,24)15-7-5-4-6-12(15)17(22)25-2;1-21-15(18)12-4-2-3-5-14(12)22(19,20)9-10-6-7-11(17)8-13(10)16;1-4-7(5-2)6-3;1-2-3(4)5;2-1-3/h3-10H,1H2,2H3;2-8H,9H2,1H3;4-6H2,1-3H3;2H,1H2;1H2. The Morgan fingerprint density at radius 1 is 0.683 bits per heavy atom. The van der Waals surface area contributed by atoms with E-state index < -0.39 is 65.2 Å². The number of rotatable bonds is 13. The number of alkyl halides is 2. The third kappa shape index (κ3) is 19.1. The summed E-state index contributed by atoms with van der Waals surface area (Å²) in [6.07, 6.45) is 1.81. The molecule has 0 radical (unpaired) electrons. The summed E-state index contributed by atoms with van der Waals surface area (Å²) >= 11 is 26.0. The Morgan fingerprint density at radius 2 is 1.10 bits per heavy atom. The minimum Gasteiger partial charge on any atom is -0.465 e. The lowest BCUT2D eigenvalue weighted by Crippen LogP contribution is -2.37. The number of anilines is 1. The van der Waals surface area contributed by atoms with E-state index in [1.165, 1.54) is 75.3 Å². The van der Waals surface area contributed by atoms with Crippen LogP contribution in [-0.4, -0.2) is 84.0 Å². The average molecular weight is 1020 g/mol. The topological polar surface area (TPSA) is 162 Å². The fraction of sp³-hybridized carbons (Fsp3) is 0.238. The van der Waals surface area contributed by atoms with E-state index in [0.717, 1.165) is 55.7 Å². The van der Waals surface area contributed by atoms with E-state index in [1.54, 1.807) is 0 Å². The average Bonchev–Trinajstić information content (AvgIpc) is 3.26. The van der Waals surface area contributed by atoms with Gasteiger partial charge in [-0.1, -0.05) is 87.5 Å². The molecule has 0 spiro atoms. The molecule has 0 bridgehead atoms. The summed E-state index contributed by atoms with van der Waals surface area (Å²) in [6, 6.07) is 17.2. The Morgan fingerprint density at radius 3 is 1.48 bits per heavy atom. The van der Waals surface area contributed by atoms with Crippen LogP contribution in [0.25, 0.3) is 0 Å². The lowest BCUT2D eigenvalue weighted by atomic mass is 10.2. The number of allylic oxidation sites excluding steroid dienone is 1. The molecule has 0 aliphatic rings. The molecular weight excluding hydrogens is 972 g/mol. The van der Waals surface area contributed by atoms with E-state index >= 15 is 0 Å². The van der Waals surface area contributed by atoms with Crippen molar-refractivity contribution in [3.05, 3.63) is 149 Å². The van der Waals surface area contributed by atoms with Crippen LogP contribution in [0.4, 0.5) is 14.5 Å². The van der Waals surface area contributed by atoms with Crippen LogP contribution < -0.4 is 4.31 Å². The minimum atomic E-state index is -4.58. The summed E-state index contributed by atoms with van der Waals surface area (Å²) in [7, 11) is -6.16. The molecule has 63 heavy (non-hydrogen) atoms. The molecule has 0 atom stereocenters. The van der Waals surface area contributed by atoms with Gasteiger partial charge >= 0.3 is 11.9 Å². The second kappa shape index (κ2) is 29.9. The maximum absolute atomic E-state index is 13.3. The second-order valence-corrected chi connectivity index (χ2v) is 17.3. The quantitative estimate of drug-likeness (QED) is 0.0542. The SMILES string of the molecule is C=CC(=O)Cl.C=CC(=O)N(c1ccc(F)cc1Cl)S(=O)(=O)c1ccccc1C(=O)OC.CCN(CC)CC.COC(=O)c1ccccc1S(=O)(=O)Cc1ccc(F)cc1Cl.ClCCl. The van der Waals surface area contributed by atoms with Gasteiger partial charge in [0, 0.05) is 5.02 Å². The van der Waals surface area contributed by atoms with Gasteiger partial charge in [0.05, 0.1) is 52.0 Å². The molecule has 4 rings (SSSR count). The molecule has 0 aliphatic heterocycles. The lowest BCUT2D eigenvalue weighted by Gasteiger charge is -2.23. The van der Waals surface area contributed by atoms with E-state index in [-0.39, 0.29) is 42.7 Å². The maximum Gasteiger partial charge on any atom is 0.339 e. The van der Waals surface area contributed by atoms with E-state index in [0.29, 0.717) is 4.31 Å². The number of benzene rings is 4. The number of carbonyl (C=O) groups is 4. The highest BCUT2D eigenvalue weighted by atomic mass is 35.5. The molecule has 0 N–H and O–H groups in total. The van der Waals surface area contributed by atoms with Gasteiger partial charge in [-0.05, 0) is 104 Å². The van der Waals surface area contributed by atoms with Crippen LogP contribution in [0, 0.1) is 11.6 Å². The van der Waals surface area contributed by atoms with Gasteiger partial charge in [0.15, 0.2) is 9.84 Å². The van der Waals surface area contributed by atoms with Crippen LogP contribution in [0.5, 0.6) is 0 Å². The Bertz CT molecular complexity index is 2400. The normalized spacial score (nSPS) is 10.4. The molecule has 4 aromatic rings. The minimum absolute atomic E-state index is 0.0131. The highest BCUT2D eigenvalue weighted by Crippen LogP contribution is 2.33. The van der Waals surface area contributed by atoms with Crippen molar-refractivity contribution in [2.45, 2.75) is 36.3 Å². The number of carbonyl (C=O) groups excluding carboxylic acids is 4. The number of sulfone groups is 1. The van der Waals surface area contributed by atoms with Crippen LogP contribution in [0.15, 0.2) is 120 Å². The molecule has 0 saturated heterocycles. The molecule has 1 amide bonds. The fourth-order valence-electron chi connectivity index (χ4n) is 4.77. The van der Waals surface area contributed by atoms with Gasteiger partial charge in [0.1, 0.15) is 16.5 Å². The first-order valence-corrected chi connectivity index (χ1v) is 23.3. The molecule has 0 aromatic heterocycles. The summed E-state index contributed by atoms with van der Waals surface area (Å²) < 4.78 is 87.1. The van der Waals surface area contributed by atoms with Crippen molar-refractivity contribution in [2.75, 3.05) is 43.5 Å². The van der Waals surface area contributed by atoms with Gasteiger partial charge in [-0.2, -0.15) is 4.31 Å². The first-order valence-electron chi connectivity index (χ1n) is 18.0. The third-order valence-electron chi connectivity index (χ3n) is 7.80. The number of esters is 2. The molecule has 0 aliphatic carbocycles. The molecule has 344 valence electrons. The second-order valence-electron chi connectivity index (χ2n) is 11.6. The van der Waals surface area contributed by atoms with Crippen molar-refractivity contribution in [3.8, 4) is 0 Å².